The summed E-state index contributed by atoms with van der Waals surface area (Å²) in [6.45, 7) is 4.21. The molecule has 1 amide bonds. The van der Waals surface area contributed by atoms with Gasteiger partial charge in [0.1, 0.15) is 11.5 Å². The van der Waals surface area contributed by atoms with Crippen LogP contribution in [0.4, 0.5) is 4.39 Å². The number of imidazole rings is 1. The summed E-state index contributed by atoms with van der Waals surface area (Å²) in [4.78, 5) is 16.6. The highest BCUT2D eigenvalue weighted by atomic mass is 19.1. The molecule has 0 unspecified atom stereocenters. The molecule has 6 nitrogen and oxygen atoms in total. The van der Waals surface area contributed by atoms with Gasteiger partial charge >= 0.3 is 0 Å². The Morgan fingerprint density at radius 2 is 2.04 bits per heavy atom. The van der Waals surface area contributed by atoms with Crippen LogP contribution in [-0.2, 0) is 0 Å². The predicted octanol–water partition coefficient (Wildman–Crippen LogP) is 2.76. The maximum Gasteiger partial charge on any atom is 0.272 e. The fraction of sp³-hybridized carbons (Fsp3) is 0.235. The van der Waals surface area contributed by atoms with Crippen LogP contribution >= 0.6 is 0 Å². The molecule has 7 heteroatoms. The van der Waals surface area contributed by atoms with Gasteiger partial charge in [0.2, 0.25) is 5.88 Å². The number of ether oxygens (including phenoxy) is 1. The zero-order valence-corrected chi connectivity index (χ0v) is 13.4. The van der Waals surface area contributed by atoms with E-state index in [9.17, 15) is 9.18 Å². The Morgan fingerprint density at radius 1 is 1.29 bits per heavy atom. The number of benzene rings is 1. The molecule has 0 aliphatic heterocycles. The number of nitrogens with zero attached hydrogens (tertiary/aromatic N) is 3. The number of nitrogens with one attached hydrogen (secondary N) is 1. The standard InChI is InChI=1S/C17H17FN4O2/c1-3-24-16-9-8-15-20-14(10-22(15)21-16)17(23)19-11(2)12-4-6-13(18)7-5-12/h4-11H,3H2,1-2H3,(H,19,23)/t11-/m0/s1. The van der Waals surface area contributed by atoms with Crippen LogP contribution < -0.4 is 10.1 Å². The van der Waals surface area contributed by atoms with Gasteiger partial charge in [-0.25, -0.2) is 13.9 Å². The zero-order valence-electron chi connectivity index (χ0n) is 13.4. The van der Waals surface area contributed by atoms with Crippen molar-refractivity contribution in [2.45, 2.75) is 19.9 Å². The first-order chi connectivity index (χ1) is 11.6. The second-order valence-corrected chi connectivity index (χ2v) is 5.28. The Kier molecular flexibility index (Phi) is 4.41. The summed E-state index contributed by atoms with van der Waals surface area (Å²) < 4.78 is 19.8. The summed E-state index contributed by atoms with van der Waals surface area (Å²) in [5, 5.41) is 7.06. The van der Waals surface area contributed by atoms with E-state index in [1.54, 1.807) is 30.5 Å². The van der Waals surface area contributed by atoms with Gasteiger partial charge < -0.3 is 10.1 Å². The molecular weight excluding hydrogens is 311 g/mol. The highest BCUT2D eigenvalue weighted by Crippen LogP contribution is 2.14. The molecule has 0 saturated carbocycles. The Labute approximate surface area is 138 Å². The van der Waals surface area contributed by atoms with Crippen LogP contribution in [0.25, 0.3) is 5.65 Å². The smallest absolute Gasteiger partial charge is 0.272 e. The van der Waals surface area contributed by atoms with Crippen molar-refractivity contribution in [3.8, 4) is 5.88 Å². The summed E-state index contributed by atoms with van der Waals surface area (Å²) in [6.07, 6.45) is 1.55. The number of amides is 1. The minimum absolute atomic E-state index is 0.255. The average Bonchev–Trinajstić information content (AvgIpc) is 2.99. The number of rotatable bonds is 5. The van der Waals surface area contributed by atoms with Gasteiger partial charge in [-0.2, -0.15) is 0 Å². The summed E-state index contributed by atoms with van der Waals surface area (Å²) >= 11 is 0. The Morgan fingerprint density at radius 3 is 2.75 bits per heavy atom. The molecule has 3 aromatic rings. The maximum atomic E-state index is 13.0. The number of halogens is 1. The third kappa shape index (κ3) is 3.34. The second-order valence-electron chi connectivity index (χ2n) is 5.28. The fourth-order valence-electron chi connectivity index (χ4n) is 2.30. The highest BCUT2D eigenvalue weighted by molar-refractivity contribution is 5.93. The van der Waals surface area contributed by atoms with Crippen molar-refractivity contribution in [3.63, 3.8) is 0 Å². The van der Waals surface area contributed by atoms with Crippen molar-refractivity contribution in [1.29, 1.82) is 0 Å². The van der Waals surface area contributed by atoms with Gasteiger partial charge in [0, 0.05) is 6.07 Å². The second kappa shape index (κ2) is 6.66. The molecule has 1 atom stereocenters. The first kappa shape index (κ1) is 15.9. The Balaban J connectivity index is 1.76. The van der Waals surface area contributed by atoms with E-state index >= 15 is 0 Å². The quantitative estimate of drug-likeness (QED) is 0.782. The molecule has 0 saturated heterocycles. The van der Waals surface area contributed by atoms with Crippen LogP contribution in [0.5, 0.6) is 5.88 Å². The molecular formula is C17H17FN4O2. The van der Waals surface area contributed by atoms with Gasteiger partial charge in [-0.05, 0) is 37.6 Å². The minimum atomic E-state index is -0.324. The highest BCUT2D eigenvalue weighted by Gasteiger charge is 2.15. The number of hydrogen-bond donors (Lipinski definition) is 1. The molecule has 1 aromatic carbocycles. The molecule has 24 heavy (non-hydrogen) atoms. The van der Waals surface area contributed by atoms with Gasteiger partial charge in [-0.15, -0.1) is 5.10 Å². The van der Waals surface area contributed by atoms with Gasteiger partial charge in [-0.1, -0.05) is 12.1 Å². The normalized spacial score (nSPS) is 12.1. The van der Waals surface area contributed by atoms with Crippen molar-refractivity contribution in [1.82, 2.24) is 19.9 Å². The molecule has 0 radical (unpaired) electrons. The van der Waals surface area contributed by atoms with E-state index in [1.807, 2.05) is 13.8 Å². The molecule has 0 bridgehead atoms. The summed E-state index contributed by atoms with van der Waals surface area (Å²) in [5.74, 6) is -0.168. The van der Waals surface area contributed by atoms with Gasteiger partial charge in [0.25, 0.3) is 5.91 Å². The monoisotopic (exact) mass is 328 g/mol. The molecule has 0 aliphatic carbocycles. The third-order valence-electron chi connectivity index (χ3n) is 3.54. The number of carbonyl (C=O) groups is 1. The average molecular weight is 328 g/mol. The lowest BCUT2D eigenvalue weighted by Gasteiger charge is -2.13. The number of aromatic nitrogens is 3. The number of carbonyl (C=O) groups excluding carboxylic acids is 1. The molecule has 0 aliphatic rings. The van der Waals surface area contributed by atoms with Crippen molar-refractivity contribution in [3.05, 3.63) is 59.7 Å². The van der Waals surface area contributed by atoms with Crippen LogP contribution in [-0.4, -0.2) is 27.1 Å². The van der Waals surface area contributed by atoms with Gasteiger partial charge in [0.15, 0.2) is 5.65 Å². The lowest BCUT2D eigenvalue weighted by molar-refractivity contribution is 0.0935. The van der Waals surface area contributed by atoms with E-state index in [-0.39, 0.29) is 23.5 Å². The molecule has 124 valence electrons. The van der Waals surface area contributed by atoms with Gasteiger partial charge in [-0.3, -0.25) is 4.79 Å². The van der Waals surface area contributed by atoms with E-state index in [0.29, 0.717) is 18.1 Å². The minimum Gasteiger partial charge on any atom is -0.477 e. The molecule has 0 fully saturated rings. The Bertz CT molecular complexity index is 861. The van der Waals surface area contributed by atoms with Crippen LogP contribution in [0.1, 0.15) is 35.9 Å². The topological polar surface area (TPSA) is 68.5 Å². The van der Waals surface area contributed by atoms with E-state index in [0.717, 1.165) is 5.56 Å². The molecule has 0 spiro atoms. The lowest BCUT2D eigenvalue weighted by Crippen LogP contribution is -2.26. The molecule has 2 aromatic heterocycles. The van der Waals surface area contributed by atoms with Crippen LogP contribution in [0.2, 0.25) is 0 Å². The fourth-order valence-corrected chi connectivity index (χ4v) is 2.30. The summed E-state index contributed by atoms with van der Waals surface area (Å²) in [7, 11) is 0. The third-order valence-corrected chi connectivity index (χ3v) is 3.54. The van der Waals surface area contributed by atoms with Gasteiger partial charge in [0.05, 0.1) is 18.8 Å². The SMILES string of the molecule is CCOc1ccc2nc(C(=O)N[C@@H](C)c3ccc(F)cc3)cn2n1. The van der Waals surface area contributed by atoms with Crippen molar-refractivity contribution < 1.29 is 13.9 Å². The van der Waals surface area contributed by atoms with E-state index in [1.165, 1.54) is 16.6 Å². The maximum absolute atomic E-state index is 13.0. The van der Waals surface area contributed by atoms with Crippen LogP contribution in [0, 0.1) is 5.82 Å². The lowest BCUT2D eigenvalue weighted by atomic mass is 10.1. The van der Waals surface area contributed by atoms with E-state index < -0.39 is 0 Å². The predicted molar refractivity (Wildman–Crippen MR) is 86.4 cm³/mol. The molecule has 1 N–H and O–H groups in total. The van der Waals surface area contributed by atoms with Crippen LogP contribution in [0.15, 0.2) is 42.6 Å². The molecule has 2 heterocycles. The molecule has 3 rings (SSSR count). The first-order valence-electron chi connectivity index (χ1n) is 7.62. The Hall–Kier alpha value is -2.96. The first-order valence-corrected chi connectivity index (χ1v) is 7.62. The van der Waals surface area contributed by atoms with Crippen LogP contribution in [0.3, 0.4) is 0 Å². The number of fused-ring (bicyclic) bond motifs is 1. The van der Waals surface area contributed by atoms with Crippen molar-refractivity contribution in [2.24, 2.45) is 0 Å². The van der Waals surface area contributed by atoms with E-state index in [4.69, 9.17) is 4.74 Å². The zero-order chi connectivity index (χ0) is 17.1. The van der Waals surface area contributed by atoms with E-state index in [2.05, 4.69) is 15.4 Å². The van der Waals surface area contributed by atoms with Crippen molar-refractivity contribution in [2.75, 3.05) is 6.61 Å². The van der Waals surface area contributed by atoms with Crippen molar-refractivity contribution >= 4 is 11.6 Å². The number of hydrogen-bond acceptors (Lipinski definition) is 4. The largest absolute Gasteiger partial charge is 0.477 e. The summed E-state index contributed by atoms with van der Waals surface area (Å²) in [6, 6.07) is 9.17. The summed E-state index contributed by atoms with van der Waals surface area (Å²) in [5.41, 5.74) is 1.62.